The number of carbonyl (C=O) groups is 2. The van der Waals surface area contributed by atoms with Gasteiger partial charge in [0.2, 0.25) is 11.8 Å². The summed E-state index contributed by atoms with van der Waals surface area (Å²) in [6, 6.07) is 31.1. The van der Waals surface area contributed by atoms with Gasteiger partial charge in [0.15, 0.2) is 0 Å². The minimum atomic E-state index is -4.20. The summed E-state index contributed by atoms with van der Waals surface area (Å²) in [7, 11) is -4.20. The van der Waals surface area contributed by atoms with Crippen LogP contribution < -0.4 is 14.4 Å². The molecule has 8 nitrogen and oxygen atoms in total. The highest BCUT2D eigenvalue weighted by atomic mass is 79.9. The number of rotatable bonds is 14. The normalized spacial score (nSPS) is 14.1. The fourth-order valence-electron chi connectivity index (χ4n) is 6.06. The van der Waals surface area contributed by atoms with Gasteiger partial charge in [-0.1, -0.05) is 95.9 Å². The van der Waals surface area contributed by atoms with Crippen LogP contribution in [0.15, 0.2) is 119 Å². The Morgan fingerprint density at radius 2 is 1.50 bits per heavy atom. The molecule has 10 heteroatoms. The Labute approximate surface area is 292 Å². The first-order valence-corrected chi connectivity index (χ1v) is 18.7. The molecule has 0 aromatic heterocycles. The summed E-state index contributed by atoms with van der Waals surface area (Å²) in [6.45, 7) is 1.91. The molecule has 1 aliphatic rings. The summed E-state index contributed by atoms with van der Waals surface area (Å²) in [5.41, 5.74) is 2.05. The highest BCUT2D eigenvalue weighted by molar-refractivity contribution is 9.10. The lowest BCUT2D eigenvalue weighted by molar-refractivity contribution is -0.140. The Bertz CT molecular complexity index is 1750. The molecule has 0 radical (unpaired) electrons. The van der Waals surface area contributed by atoms with Gasteiger partial charge < -0.3 is 15.0 Å². The molecule has 0 saturated heterocycles. The maximum atomic E-state index is 14.7. The van der Waals surface area contributed by atoms with Crippen molar-refractivity contribution in [1.82, 2.24) is 10.2 Å². The summed E-state index contributed by atoms with van der Waals surface area (Å²) in [5, 5.41) is 3.24. The van der Waals surface area contributed by atoms with E-state index in [4.69, 9.17) is 4.74 Å². The first-order valence-electron chi connectivity index (χ1n) is 16.4. The zero-order chi connectivity index (χ0) is 33.9. The van der Waals surface area contributed by atoms with E-state index in [-0.39, 0.29) is 29.8 Å². The van der Waals surface area contributed by atoms with E-state index < -0.39 is 28.5 Å². The Morgan fingerprint density at radius 1 is 0.854 bits per heavy atom. The standard InChI is InChI=1S/C38H42BrN3O5S/c1-2-47-34-21-23-35(24-22-34)48(45,46)42(33-19-10-5-11-20-33)28-37(43)41(27-30-15-12-16-31(39)25-30)36(26-29-13-6-3-7-14-29)38(44)40-32-17-8-4-9-18-32/h3,5-7,10-16,19-25,32,36H,2,4,8-9,17-18,26-28H2,1H3,(H,40,44)/t36-/m1/s1. The number of nitrogens with one attached hydrogen (secondary N) is 1. The lowest BCUT2D eigenvalue weighted by Gasteiger charge is -2.35. The molecule has 252 valence electrons. The van der Waals surface area contributed by atoms with E-state index in [1.54, 1.807) is 42.5 Å². The molecule has 5 rings (SSSR count). The van der Waals surface area contributed by atoms with E-state index in [0.29, 0.717) is 18.0 Å². The first kappa shape index (κ1) is 35.2. The van der Waals surface area contributed by atoms with Crippen molar-refractivity contribution < 1.29 is 22.7 Å². The zero-order valence-corrected chi connectivity index (χ0v) is 29.5. The SMILES string of the molecule is CCOc1ccc(S(=O)(=O)N(CC(=O)N(Cc2cccc(Br)c2)[C@H](Cc2ccccc2)C(=O)NC2CCCCC2)c2ccccc2)cc1. The molecule has 1 saturated carbocycles. The predicted molar refractivity (Wildman–Crippen MR) is 192 cm³/mol. The Hall–Kier alpha value is -4.15. The van der Waals surface area contributed by atoms with Gasteiger partial charge in [-0.05, 0) is 79.4 Å². The molecule has 0 unspecified atom stereocenters. The molecule has 0 aliphatic heterocycles. The van der Waals surface area contributed by atoms with E-state index in [1.807, 2.05) is 61.5 Å². The molecular formula is C38H42BrN3O5S. The van der Waals surface area contributed by atoms with Crippen LogP contribution in [-0.2, 0) is 32.6 Å². The van der Waals surface area contributed by atoms with E-state index >= 15 is 0 Å². The largest absolute Gasteiger partial charge is 0.494 e. The van der Waals surface area contributed by atoms with Crippen LogP contribution in [0.3, 0.4) is 0 Å². The molecule has 1 N–H and O–H groups in total. The lowest BCUT2D eigenvalue weighted by Crippen LogP contribution is -2.55. The maximum Gasteiger partial charge on any atom is 0.264 e. The molecule has 1 fully saturated rings. The second kappa shape index (κ2) is 16.8. The molecule has 2 amide bonds. The number of ether oxygens (including phenoxy) is 1. The average Bonchev–Trinajstić information content (AvgIpc) is 3.10. The van der Waals surface area contributed by atoms with Gasteiger partial charge in [-0.3, -0.25) is 13.9 Å². The number of sulfonamides is 1. The van der Waals surface area contributed by atoms with E-state index in [9.17, 15) is 18.0 Å². The summed E-state index contributed by atoms with van der Waals surface area (Å²) in [6.07, 6.45) is 5.30. The van der Waals surface area contributed by atoms with Gasteiger partial charge in [0, 0.05) is 23.5 Å². The van der Waals surface area contributed by atoms with Crippen molar-refractivity contribution in [2.45, 2.75) is 69.0 Å². The summed E-state index contributed by atoms with van der Waals surface area (Å²) in [4.78, 5) is 30.5. The van der Waals surface area contributed by atoms with Gasteiger partial charge in [-0.25, -0.2) is 8.42 Å². The number of benzene rings is 4. The van der Waals surface area contributed by atoms with Gasteiger partial charge in [-0.2, -0.15) is 0 Å². The fraction of sp³-hybridized carbons (Fsp3) is 0.316. The topological polar surface area (TPSA) is 96.0 Å². The van der Waals surface area contributed by atoms with Crippen LogP contribution in [0.25, 0.3) is 0 Å². The van der Waals surface area contributed by atoms with Gasteiger partial charge in [0.25, 0.3) is 10.0 Å². The summed E-state index contributed by atoms with van der Waals surface area (Å²) in [5.74, 6) is -0.186. The zero-order valence-electron chi connectivity index (χ0n) is 27.1. The third kappa shape index (κ3) is 9.26. The van der Waals surface area contributed by atoms with Crippen molar-refractivity contribution in [2.75, 3.05) is 17.5 Å². The molecule has 0 spiro atoms. The number of para-hydroxylation sites is 1. The third-order valence-electron chi connectivity index (χ3n) is 8.51. The van der Waals surface area contributed by atoms with Gasteiger partial charge in [0.05, 0.1) is 17.2 Å². The summed E-state index contributed by atoms with van der Waals surface area (Å²) < 4.78 is 36.0. The van der Waals surface area contributed by atoms with Crippen LogP contribution in [0, 0.1) is 0 Å². The van der Waals surface area contributed by atoms with Crippen molar-refractivity contribution in [1.29, 1.82) is 0 Å². The molecule has 4 aromatic rings. The highest BCUT2D eigenvalue weighted by Crippen LogP contribution is 2.27. The number of hydrogen-bond donors (Lipinski definition) is 1. The van der Waals surface area contributed by atoms with Crippen molar-refractivity contribution in [3.05, 3.63) is 125 Å². The fourth-order valence-corrected chi connectivity index (χ4v) is 7.92. The molecule has 48 heavy (non-hydrogen) atoms. The van der Waals surface area contributed by atoms with Crippen molar-refractivity contribution in [2.24, 2.45) is 0 Å². The number of halogens is 1. The third-order valence-corrected chi connectivity index (χ3v) is 10.8. The van der Waals surface area contributed by atoms with Crippen LogP contribution in [0.4, 0.5) is 5.69 Å². The minimum absolute atomic E-state index is 0.0250. The second-order valence-electron chi connectivity index (χ2n) is 12.0. The smallest absolute Gasteiger partial charge is 0.264 e. The molecular weight excluding hydrogens is 690 g/mol. The van der Waals surface area contributed by atoms with Crippen LogP contribution >= 0.6 is 15.9 Å². The quantitative estimate of drug-likeness (QED) is 0.149. The number of amides is 2. The van der Waals surface area contributed by atoms with Crippen LogP contribution in [0.5, 0.6) is 5.75 Å². The Balaban J connectivity index is 1.54. The number of anilines is 1. The lowest BCUT2D eigenvalue weighted by atomic mass is 9.94. The number of nitrogens with zero attached hydrogens (tertiary/aromatic N) is 2. The van der Waals surface area contributed by atoms with Gasteiger partial charge in [0.1, 0.15) is 18.3 Å². The average molecular weight is 733 g/mol. The maximum absolute atomic E-state index is 14.7. The Kier molecular flexibility index (Phi) is 12.3. The number of carbonyl (C=O) groups excluding carboxylic acids is 2. The predicted octanol–water partition coefficient (Wildman–Crippen LogP) is 7.13. The van der Waals surface area contributed by atoms with Gasteiger partial charge >= 0.3 is 0 Å². The second-order valence-corrected chi connectivity index (χ2v) is 14.7. The van der Waals surface area contributed by atoms with Crippen LogP contribution in [0.1, 0.15) is 50.2 Å². The molecule has 1 atom stereocenters. The van der Waals surface area contributed by atoms with Crippen molar-refractivity contribution in [3.8, 4) is 5.75 Å². The van der Waals surface area contributed by atoms with Crippen LogP contribution in [0.2, 0.25) is 0 Å². The van der Waals surface area contributed by atoms with Crippen molar-refractivity contribution >= 4 is 43.5 Å². The van der Waals surface area contributed by atoms with Crippen LogP contribution in [-0.4, -0.2) is 50.4 Å². The molecule has 1 aliphatic carbocycles. The molecule has 0 heterocycles. The van der Waals surface area contributed by atoms with E-state index in [0.717, 1.165) is 52.0 Å². The highest BCUT2D eigenvalue weighted by Gasteiger charge is 2.35. The minimum Gasteiger partial charge on any atom is -0.494 e. The van der Waals surface area contributed by atoms with Gasteiger partial charge in [-0.15, -0.1) is 0 Å². The van der Waals surface area contributed by atoms with E-state index in [2.05, 4.69) is 21.2 Å². The summed E-state index contributed by atoms with van der Waals surface area (Å²) >= 11 is 3.53. The Morgan fingerprint density at radius 3 is 2.15 bits per heavy atom. The van der Waals surface area contributed by atoms with Crippen molar-refractivity contribution in [3.63, 3.8) is 0 Å². The first-order chi connectivity index (χ1) is 23.2. The van der Waals surface area contributed by atoms with E-state index in [1.165, 1.54) is 17.0 Å². The molecule has 4 aromatic carbocycles. The molecule has 0 bridgehead atoms. The number of hydrogen-bond acceptors (Lipinski definition) is 5. The monoisotopic (exact) mass is 731 g/mol.